The van der Waals surface area contributed by atoms with E-state index in [1.165, 1.54) is 44.2 Å². The number of hydrogen-bond acceptors (Lipinski definition) is 3. The number of carbonyl (C=O) groups excluding carboxylic acids is 1. The van der Waals surface area contributed by atoms with E-state index in [2.05, 4.69) is 11.2 Å². The Hall–Kier alpha value is -1.32. The van der Waals surface area contributed by atoms with Crippen molar-refractivity contribution in [2.24, 2.45) is 0 Å². The lowest BCUT2D eigenvalue weighted by molar-refractivity contribution is -0.144. The average Bonchev–Trinajstić information content (AvgIpc) is 3.25. The molecule has 2 fully saturated rings. The smallest absolute Gasteiger partial charge is 0.330 e. The number of carbonyl (C=O) groups is 1. The van der Waals surface area contributed by atoms with Crippen LogP contribution in [0.1, 0.15) is 61.9 Å². The first kappa shape index (κ1) is 10.8. The third kappa shape index (κ3) is 1.96. The molecule has 0 saturated heterocycles. The van der Waals surface area contributed by atoms with E-state index in [4.69, 9.17) is 4.74 Å². The summed E-state index contributed by atoms with van der Waals surface area (Å²) in [5.41, 5.74) is 2.40. The summed E-state index contributed by atoms with van der Waals surface area (Å²) in [5, 5.41) is 4.62. The maximum Gasteiger partial charge on any atom is 0.330 e. The number of aromatic nitrogens is 2. The fourth-order valence-electron chi connectivity index (χ4n) is 2.27. The van der Waals surface area contributed by atoms with Gasteiger partial charge in [0.2, 0.25) is 0 Å². The molecule has 2 aliphatic rings. The van der Waals surface area contributed by atoms with Crippen LogP contribution in [0.4, 0.5) is 0 Å². The number of ether oxygens (including phenoxy) is 1. The maximum atomic E-state index is 11.6. The van der Waals surface area contributed by atoms with Crippen molar-refractivity contribution in [3.05, 3.63) is 17.5 Å². The molecule has 0 radical (unpaired) electrons. The van der Waals surface area contributed by atoms with Crippen LogP contribution in [0.3, 0.4) is 0 Å². The average molecular weight is 234 g/mol. The summed E-state index contributed by atoms with van der Waals surface area (Å²) in [7, 11) is 1.43. The highest BCUT2D eigenvalue weighted by Gasteiger charge is 2.34. The molecule has 3 rings (SSSR count). The maximum absolute atomic E-state index is 11.6. The van der Waals surface area contributed by atoms with Gasteiger partial charge in [-0.25, -0.2) is 4.79 Å². The Bertz CT molecular complexity index is 444. The Balaban J connectivity index is 1.92. The molecule has 0 spiro atoms. The van der Waals surface area contributed by atoms with Gasteiger partial charge >= 0.3 is 5.97 Å². The van der Waals surface area contributed by atoms with E-state index in [-0.39, 0.29) is 12.0 Å². The Morgan fingerprint density at radius 1 is 1.41 bits per heavy atom. The predicted octanol–water partition coefficient (Wildman–Crippen LogP) is 2.37. The summed E-state index contributed by atoms with van der Waals surface area (Å²) in [6.45, 7) is 1.86. The monoisotopic (exact) mass is 234 g/mol. The highest BCUT2D eigenvalue weighted by Crippen LogP contribution is 2.45. The summed E-state index contributed by atoms with van der Waals surface area (Å²) in [5.74, 6) is 1.04. The van der Waals surface area contributed by atoms with E-state index >= 15 is 0 Å². The van der Waals surface area contributed by atoms with Gasteiger partial charge in [0, 0.05) is 17.5 Å². The molecule has 4 nitrogen and oxygen atoms in total. The summed E-state index contributed by atoms with van der Waals surface area (Å²) in [4.78, 5) is 11.6. The quantitative estimate of drug-likeness (QED) is 0.751. The normalized spacial score (nSPS) is 21.3. The van der Waals surface area contributed by atoms with Gasteiger partial charge in [-0.15, -0.1) is 0 Å². The molecular formula is C13H18N2O2. The van der Waals surface area contributed by atoms with Crippen LogP contribution in [0.5, 0.6) is 0 Å². The van der Waals surface area contributed by atoms with Gasteiger partial charge in [0.05, 0.1) is 12.8 Å². The summed E-state index contributed by atoms with van der Waals surface area (Å²) in [6.07, 6.45) is 4.94. The lowest BCUT2D eigenvalue weighted by atomic mass is 10.2. The van der Waals surface area contributed by atoms with Gasteiger partial charge in [-0.2, -0.15) is 5.10 Å². The largest absolute Gasteiger partial charge is 0.467 e. The highest BCUT2D eigenvalue weighted by molar-refractivity contribution is 5.73. The fourth-order valence-corrected chi connectivity index (χ4v) is 2.27. The second-order valence-corrected chi connectivity index (χ2v) is 5.19. The summed E-state index contributed by atoms with van der Waals surface area (Å²) in [6, 6.07) is 1.90. The molecular weight excluding hydrogens is 216 g/mol. The standard InChI is InChI=1S/C13H18N2O2/c1-8(13(16)17-2)15-12(10-5-6-10)7-11(14-15)9-3-4-9/h7-10H,3-6H2,1-2H3/t8-/m1/s1. The van der Waals surface area contributed by atoms with Gasteiger partial charge in [0.1, 0.15) is 6.04 Å². The van der Waals surface area contributed by atoms with Crippen LogP contribution in [0.2, 0.25) is 0 Å². The fraction of sp³-hybridized carbons (Fsp3) is 0.692. The molecule has 1 aromatic heterocycles. The molecule has 4 heteroatoms. The number of nitrogens with zero attached hydrogens (tertiary/aromatic N) is 2. The molecule has 0 amide bonds. The van der Waals surface area contributed by atoms with Crippen molar-refractivity contribution in [1.29, 1.82) is 0 Å². The van der Waals surface area contributed by atoms with Crippen molar-refractivity contribution in [3.8, 4) is 0 Å². The third-order valence-corrected chi connectivity index (χ3v) is 3.68. The van der Waals surface area contributed by atoms with Crippen molar-refractivity contribution >= 4 is 5.97 Å². The van der Waals surface area contributed by atoms with Crippen molar-refractivity contribution in [1.82, 2.24) is 9.78 Å². The van der Waals surface area contributed by atoms with Crippen LogP contribution in [-0.2, 0) is 9.53 Å². The van der Waals surface area contributed by atoms with E-state index < -0.39 is 0 Å². The van der Waals surface area contributed by atoms with Gasteiger partial charge in [-0.05, 0) is 38.7 Å². The van der Waals surface area contributed by atoms with Gasteiger partial charge in [0.25, 0.3) is 0 Å². The van der Waals surface area contributed by atoms with Gasteiger partial charge in [-0.3, -0.25) is 4.68 Å². The van der Waals surface area contributed by atoms with Crippen molar-refractivity contribution in [2.75, 3.05) is 7.11 Å². The van der Waals surface area contributed by atoms with E-state index in [9.17, 15) is 4.79 Å². The number of esters is 1. The number of methoxy groups -OCH3 is 1. The van der Waals surface area contributed by atoms with E-state index in [0.717, 1.165) is 0 Å². The predicted molar refractivity (Wildman–Crippen MR) is 62.9 cm³/mol. The van der Waals surface area contributed by atoms with Crippen LogP contribution in [0.15, 0.2) is 6.07 Å². The number of rotatable bonds is 4. The molecule has 0 N–H and O–H groups in total. The molecule has 0 aliphatic heterocycles. The Kier molecular flexibility index (Phi) is 2.45. The lowest BCUT2D eigenvalue weighted by Crippen LogP contribution is -2.20. The Labute approximate surface area is 101 Å². The first-order valence-corrected chi connectivity index (χ1v) is 6.38. The Morgan fingerprint density at radius 2 is 2.06 bits per heavy atom. The minimum Gasteiger partial charge on any atom is -0.467 e. The van der Waals surface area contributed by atoms with E-state index in [1.807, 2.05) is 11.6 Å². The second kappa shape index (κ2) is 3.86. The summed E-state index contributed by atoms with van der Waals surface area (Å²) >= 11 is 0. The zero-order chi connectivity index (χ0) is 12.0. The molecule has 1 aromatic rings. The topological polar surface area (TPSA) is 44.1 Å². The molecule has 92 valence electrons. The van der Waals surface area contributed by atoms with Gasteiger partial charge in [0.15, 0.2) is 0 Å². The minimum absolute atomic E-state index is 0.211. The number of hydrogen-bond donors (Lipinski definition) is 0. The zero-order valence-electron chi connectivity index (χ0n) is 10.3. The van der Waals surface area contributed by atoms with E-state index in [1.54, 1.807) is 0 Å². The van der Waals surface area contributed by atoms with E-state index in [0.29, 0.717) is 11.8 Å². The van der Waals surface area contributed by atoms with Gasteiger partial charge < -0.3 is 4.74 Å². The van der Waals surface area contributed by atoms with Crippen molar-refractivity contribution in [3.63, 3.8) is 0 Å². The molecule has 17 heavy (non-hydrogen) atoms. The minimum atomic E-state index is -0.303. The highest BCUT2D eigenvalue weighted by atomic mass is 16.5. The first-order chi connectivity index (χ1) is 8.20. The van der Waals surface area contributed by atoms with Crippen LogP contribution in [0, 0.1) is 0 Å². The van der Waals surface area contributed by atoms with Crippen LogP contribution in [-0.4, -0.2) is 22.9 Å². The lowest BCUT2D eigenvalue weighted by Gasteiger charge is -2.13. The van der Waals surface area contributed by atoms with Gasteiger partial charge in [-0.1, -0.05) is 0 Å². The molecule has 0 bridgehead atoms. The second-order valence-electron chi connectivity index (χ2n) is 5.19. The molecule has 1 heterocycles. The zero-order valence-corrected chi connectivity index (χ0v) is 10.3. The molecule has 1 atom stereocenters. The molecule has 2 saturated carbocycles. The van der Waals surface area contributed by atoms with Crippen LogP contribution < -0.4 is 0 Å². The summed E-state index contributed by atoms with van der Waals surface area (Å²) < 4.78 is 6.69. The van der Waals surface area contributed by atoms with Crippen molar-refractivity contribution in [2.45, 2.75) is 50.5 Å². The van der Waals surface area contributed by atoms with Crippen molar-refractivity contribution < 1.29 is 9.53 Å². The Morgan fingerprint density at radius 3 is 2.59 bits per heavy atom. The van der Waals surface area contributed by atoms with Crippen LogP contribution in [0.25, 0.3) is 0 Å². The molecule has 2 aliphatic carbocycles. The molecule has 0 aromatic carbocycles. The first-order valence-electron chi connectivity index (χ1n) is 6.38. The third-order valence-electron chi connectivity index (χ3n) is 3.68. The van der Waals surface area contributed by atoms with Crippen LogP contribution >= 0.6 is 0 Å². The SMILES string of the molecule is COC(=O)[C@@H](C)n1nc(C2CC2)cc1C1CC1. The molecule has 0 unspecified atom stereocenters.